The molecule has 1 saturated heterocycles. The molecule has 1 aliphatic heterocycles. The largest absolute Gasteiger partial charge is 0.351 e. The summed E-state index contributed by atoms with van der Waals surface area (Å²) in [5, 5.41) is 2.84. The van der Waals surface area contributed by atoms with Crippen molar-refractivity contribution in [2.75, 3.05) is 19.6 Å². The van der Waals surface area contributed by atoms with E-state index in [1.807, 2.05) is 6.92 Å². The minimum absolute atomic E-state index is 0.00236. The van der Waals surface area contributed by atoms with Crippen LogP contribution in [0.4, 0.5) is 0 Å². The number of hydrogen-bond acceptors (Lipinski definition) is 2. The van der Waals surface area contributed by atoms with E-state index >= 15 is 0 Å². The Kier molecular flexibility index (Phi) is 4.82. The van der Waals surface area contributed by atoms with Crippen molar-refractivity contribution in [3.05, 3.63) is 12.7 Å². The van der Waals surface area contributed by atoms with Crippen molar-refractivity contribution in [1.82, 2.24) is 10.2 Å². The van der Waals surface area contributed by atoms with E-state index in [1.165, 1.54) is 12.8 Å². The molecule has 0 aromatic carbocycles. The molecular formula is C12H22N2O. The van der Waals surface area contributed by atoms with Crippen LogP contribution in [-0.4, -0.2) is 36.5 Å². The molecule has 1 rings (SSSR count). The molecule has 86 valence electrons. The molecular weight excluding hydrogens is 188 g/mol. The molecule has 1 amide bonds. The van der Waals surface area contributed by atoms with Gasteiger partial charge in [0.05, 0.1) is 6.04 Å². The molecule has 0 unspecified atom stereocenters. The van der Waals surface area contributed by atoms with Crippen LogP contribution in [0.15, 0.2) is 12.7 Å². The van der Waals surface area contributed by atoms with Crippen LogP contribution in [0, 0.1) is 5.92 Å². The molecule has 0 aromatic rings. The van der Waals surface area contributed by atoms with Gasteiger partial charge in [0.25, 0.3) is 0 Å². The summed E-state index contributed by atoms with van der Waals surface area (Å²) in [6.45, 7) is 10.5. The first-order chi connectivity index (χ1) is 7.15. The number of amides is 1. The Labute approximate surface area is 92.5 Å². The van der Waals surface area contributed by atoms with Crippen molar-refractivity contribution in [2.45, 2.75) is 32.7 Å². The number of hydrogen-bond donors (Lipinski definition) is 1. The van der Waals surface area contributed by atoms with Crippen molar-refractivity contribution < 1.29 is 4.79 Å². The van der Waals surface area contributed by atoms with Crippen LogP contribution < -0.4 is 5.32 Å². The quantitative estimate of drug-likeness (QED) is 0.712. The second-order valence-corrected chi connectivity index (χ2v) is 4.43. The number of carbonyl (C=O) groups excluding carboxylic acids is 1. The molecule has 1 atom stereocenters. The second kappa shape index (κ2) is 5.91. The summed E-state index contributed by atoms with van der Waals surface area (Å²) in [4.78, 5) is 13.9. The van der Waals surface area contributed by atoms with E-state index in [0.29, 0.717) is 6.54 Å². The molecule has 1 aliphatic rings. The second-order valence-electron chi connectivity index (χ2n) is 4.43. The zero-order valence-corrected chi connectivity index (χ0v) is 9.83. The number of carbonyl (C=O) groups is 1. The van der Waals surface area contributed by atoms with Crippen molar-refractivity contribution >= 4 is 5.91 Å². The van der Waals surface area contributed by atoms with Gasteiger partial charge >= 0.3 is 0 Å². The fourth-order valence-corrected chi connectivity index (χ4v) is 1.90. The summed E-state index contributed by atoms with van der Waals surface area (Å²) in [5.41, 5.74) is 0. The number of likely N-dealkylation sites (tertiary alicyclic amines) is 1. The molecule has 3 nitrogen and oxygen atoms in total. The van der Waals surface area contributed by atoms with Gasteiger partial charge in [-0.15, -0.1) is 6.58 Å². The zero-order valence-electron chi connectivity index (χ0n) is 9.83. The van der Waals surface area contributed by atoms with Gasteiger partial charge in [0, 0.05) is 6.54 Å². The Balaban J connectivity index is 2.35. The van der Waals surface area contributed by atoms with Gasteiger partial charge in [-0.1, -0.05) is 13.0 Å². The highest BCUT2D eigenvalue weighted by atomic mass is 16.2. The van der Waals surface area contributed by atoms with E-state index in [0.717, 1.165) is 19.0 Å². The summed E-state index contributed by atoms with van der Waals surface area (Å²) >= 11 is 0. The van der Waals surface area contributed by atoms with Gasteiger partial charge in [-0.05, 0) is 38.8 Å². The Hall–Kier alpha value is -0.830. The lowest BCUT2D eigenvalue weighted by Gasteiger charge is -2.34. The monoisotopic (exact) mass is 210 g/mol. The summed E-state index contributed by atoms with van der Waals surface area (Å²) in [7, 11) is 0. The molecule has 3 heteroatoms. The first-order valence-electron chi connectivity index (χ1n) is 5.77. The maximum atomic E-state index is 11.7. The van der Waals surface area contributed by atoms with Crippen molar-refractivity contribution in [2.24, 2.45) is 5.92 Å². The van der Waals surface area contributed by atoms with Crippen LogP contribution in [0.2, 0.25) is 0 Å². The minimum Gasteiger partial charge on any atom is -0.351 e. The maximum Gasteiger partial charge on any atom is 0.237 e. The molecule has 0 radical (unpaired) electrons. The summed E-state index contributed by atoms with van der Waals surface area (Å²) in [6.07, 6.45) is 4.13. The van der Waals surface area contributed by atoms with Crippen molar-refractivity contribution in [3.8, 4) is 0 Å². The van der Waals surface area contributed by atoms with Crippen LogP contribution in [0.3, 0.4) is 0 Å². The van der Waals surface area contributed by atoms with E-state index in [9.17, 15) is 4.79 Å². The topological polar surface area (TPSA) is 32.3 Å². The molecule has 1 N–H and O–H groups in total. The lowest BCUT2D eigenvalue weighted by atomic mass is 9.98. The third kappa shape index (κ3) is 3.67. The van der Waals surface area contributed by atoms with Crippen LogP contribution in [0.25, 0.3) is 0 Å². The summed E-state index contributed by atoms with van der Waals surface area (Å²) in [6, 6.07) is -0.00236. The molecule has 15 heavy (non-hydrogen) atoms. The predicted molar refractivity (Wildman–Crippen MR) is 62.6 cm³/mol. The number of piperidine rings is 1. The Morgan fingerprint density at radius 1 is 1.60 bits per heavy atom. The Bertz CT molecular complexity index is 220. The van der Waals surface area contributed by atoms with Crippen molar-refractivity contribution in [3.63, 3.8) is 0 Å². The molecule has 1 heterocycles. The third-order valence-corrected chi connectivity index (χ3v) is 3.17. The first kappa shape index (κ1) is 12.2. The minimum atomic E-state index is -0.00236. The molecule has 0 aromatic heterocycles. The fourth-order valence-electron chi connectivity index (χ4n) is 1.90. The zero-order chi connectivity index (χ0) is 11.3. The van der Waals surface area contributed by atoms with Crippen LogP contribution in [0.5, 0.6) is 0 Å². The smallest absolute Gasteiger partial charge is 0.237 e. The average molecular weight is 210 g/mol. The van der Waals surface area contributed by atoms with E-state index in [1.54, 1.807) is 6.08 Å². The number of rotatable bonds is 4. The predicted octanol–water partition coefficient (Wildman–Crippen LogP) is 1.41. The highest BCUT2D eigenvalue weighted by Gasteiger charge is 2.24. The van der Waals surface area contributed by atoms with Crippen LogP contribution in [-0.2, 0) is 4.79 Å². The van der Waals surface area contributed by atoms with Crippen LogP contribution >= 0.6 is 0 Å². The highest BCUT2D eigenvalue weighted by Crippen LogP contribution is 2.17. The van der Waals surface area contributed by atoms with E-state index in [4.69, 9.17) is 0 Å². The van der Waals surface area contributed by atoms with Gasteiger partial charge in [0.2, 0.25) is 5.91 Å². The summed E-state index contributed by atoms with van der Waals surface area (Å²) < 4.78 is 0. The summed E-state index contributed by atoms with van der Waals surface area (Å²) in [5.74, 6) is 0.925. The first-order valence-corrected chi connectivity index (χ1v) is 5.77. The molecule has 1 fully saturated rings. The molecule has 0 saturated carbocycles. The highest BCUT2D eigenvalue weighted by molar-refractivity contribution is 5.81. The molecule has 0 spiro atoms. The van der Waals surface area contributed by atoms with Gasteiger partial charge in [-0.3, -0.25) is 9.69 Å². The van der Waals surface area contributed by atoms with Gasteiger partial charge in [-0.25, -0.2) is 0 Å². The van der Waals surface area contributed by atoms with E-state index in [2.05, 4.69) is 23.7 Å². The van der Waals surface area contributed by atoms with Crippen LogP contribution in [0.1, 0.15) is 26.7 Å². The lowest BCUT2D eigenvalue weighted by Crippen LogP contribution is -2.48. The Morgan fingerprint density at radius 2 is 2.20 bits per heavy atom. The Morgan fingerprint density at radius 3 is 2.73 bits per heavy atom. The van der Waals surface area contributed by atoms with Gasteiger partial charge < -0.3 is 5.32 Å². The SMILES string of the molecule is C=CCNC(=O)[C@H](C)N1CCC(C)CC1. The van der Waals surface area contributed by atoms with E-state index in [-0.39, 0.29) is 11.9 Å². The lowest BCUT2D eigenvalue weighted by molar-refractivity contribution is -0.126. The van der Waals surface area contributed by atoms with Gasteiger partial charge in [-0.2, -0.15) is 0 Å². The number of nitrogens with one attached hydrogen (secondary N) is 1. The normalized spacial score (nSPS) is 20.9. The average Bonchev–Trinajstić information content (AvgIpc) is 2.26. The molecule has 0 aliphatic carbocycles. The molecule has 0 bridgehead atoms. The fraction of sp³-hybridized carbons (Fsp3) is 0.750. The number of nitrogens with zero attached hydrogens (tertiary/aromatic N) is 1. The van der Waals surface area contributed by atoms with Gasteiger partial charge in [0.15, 0.2) is 0 Å². The van der Waals surface area contributed by atoms with Gasteiger partial charge in [0.1, 0.15) is 0 Å². The van der Waals surface area contributed by atoms with E-state index < -0.39 is 0 Å². The third-order valence-electron chi connectivity index (χ3n) is 3.17. The maximum absolute atomic E-state index is 11.7. The van der Waals surface area contributed by atoms with Crippen molar-refractivity contribution in [1.29, 1.82) is 0 Å². The standard InChI is InChI=1S/C12H22N2O/c1-4-7-13-12(15)11(3)14-8-5-10(2)6-9-14/h4,10-11H,1,5-9H2,2-3H3,(H,13,15)/t11-/m0/s1.